The van der Waals surface area contributed by atoms with Crippen LogP contribution >= 0.6 is 0 Å². The largest absolute Gasteiger partial charge is 0.507 e. The molecule has 0 unspecified atom stereocenters. The second-order valence-corrected chi connectivity index (χ2v) is 4.16. The molecule has 0 saturated carbocycles. The maximum Gasteiger partial charge on any atom is 0.133 e. The molecular weight excluding hydrogens is 188 g/mol. The molecule has 1 heterocycles. The highest BCUT2D eigenvalue weighted by atomic mass is 16.5. The first-order valence-electron chi connectivity index (χ1n) is 4.90. The van der Waals surface area contributed by atoms with Gasteiger partial charge in [0, 0.05) is 5.56 Å². The van der Waals surface area contributed by atoms with Crippen LogP contribution in [-0.4, -0.2) is 10.7 Å². The summed E-state index contributed by atoms with van der Waals surface area (Å²) in [5.41, 5.74) is 1.14. The Hall–Kier alpha value is -1.70. The summed E-state index contributed by atoms with van der Waals surface area (Å²) in [5, 5.41) is 9.90. The van der Waals surface area contributed by atoms with E-state index in [1.807, 2.05) is 32.1 Å². The lowest BCUT2D eigenvalue weighted by Crippen LogP contribution is -2.27. The van der Waals surface area contributed by atoms with Gasteiger partial charge < -0.3 is 9.84 Å². The van der Waals surface area contributed by atoms with Gasteiger partial charge in [0.1, 0.15) is 17.1 Å². The zero-order valence-corrected chi connectivity index (χ0v) is 8.95. The summed E-state index contributed by atoms with van der Waals surface area (Å²) in [6, 6.07) is 3.66. The molecule has 1 aliphatic heterocycles. The van der Waals surface area contributed by atoms with Crippen molar-refractivity contribution in [1.29, 1.82) is 0 Å². The molecule has 1 aromatic carbocycles. The van der Waals surface area contributed by atoms with Gasteiger partial charge in [0.25, 0.3) is 0 Å². The smallest absolute Gasteiger partial charge is 0.133 e. The predicted octanol–water partition coefficient (Wildman–Crippen LogP) is 3.22. The second kappa shape index (κ2) is 3.16. The summed E-state index contributed by atoms with van der Waals surface area (Å²) < 4.78 is 5.72. The molecule has 0 amide bonds. The van der Waals surface area contributed by atoms with Gasteiger partial charge >= 0.3 is 0 Å². The molecule has 0 saturated heterocycles. The number of hydrogen-bond donors (Lipinski definition) is 1. The first-order chi connectivity index (χ1) is 7.03. The third-order valence-electron chi connectivity index (χ3n) is 2.45. The molecule has 1 N–H and O–H groups in total. The van der Waals surface area contributed by atoms with E-state index in [0.29, 0.717) is 5.75 Å². The average molecular weight is 202 g/mol. The minimum absolute atomic E-state index is 0.231. The standard InChI is InChI=1S/C13H14O2/c1-4-9-5-6-11-10(12(9)14)7-8-13(2,3)15-11/h4-8,14H,1H2,2-3H3. The number of fused-ring (bicyclic) bond motifs is 1. The Labute approximate surface area is 89.5 Å². The Morgan fingerprint density at radius 2 is 2.13 bits per heavy atom. The minimum atomic E-state index is -0.310. The van der Waals surface area contributed by atoms with Crippen LogP contribution in [0.1, 0.15) is 25.0 Å². The molecular formula is C13H14O2. The van der Waals surface area contributed by atoms with Crippen LogP contribution in [0.25, 0.3) is 12.2 Å². The topological polar surface area (TPSA) is 29.5 Å². The number of benzene rings is 1. The summed E-state index contributed by atoms with van der Waals surface area (Å²) in [7, 11) is 0. The first kappa shape index (κ1) is 9.84. The van der Waals surface area contributed by atoms with E-state index in [4.69, 9.17) is 4.74 Å². The van der Waals surface area contributed by atoms with Gasteiger partial charge in [-0.1, -0.05) is 12.7 Å². The van der Waals surface area contributed by atoms with Gasteiger partial charge in [-0.2, -0.15) is 0 Å². The molecule has 0 radical (unpaired) electrons. The fourth-order valence-corrected chi connectivity index (χ4v) is 1.62. The molecule has 0 aliphatic carbocycles. The minimum Gasteiger partial charge on any atom is -0.507 e. The number of aromatic hydroxyl groups is 1. The quantitative estimate of drug-likeness (QED) is 0.757. The first-order valence-corrected chi connectivity index (χ1v) is 4.90. The molecule has 0 spiro atoms. The summed E-state index contributed by atoms with van der Waals surface area (Å²) in [4.78, 5) is 0. The van der Waals surface area contributed by atoms with Crippen molar-refractivity contribution in [2.24, 2.45) is 0 Å². The van der Waals surface area contributed by atoms with Crippen LogP contribution in [0, 0.1) is 0 Å². The lowest BCUT2D eigenvalue weighted by molar-refractivity contribution is 0.158. The third-order valence-corrected chi connectivity index (χ3v) is 2.45. The number of phenols is 1. The molecule has 2 nitrogen and oxygen atoms in total. The number of rotatable bonds is 1. The highest BCUT2D eigenvalue weighted by molar-refractivity contribution is 5.72. The summed E-state index contributed by atoms with van der Waals surface area (Å²) in [6.07, 6.45) is 5.45. The van der Waals surface area contributed by atoms with Crippen LogP contribution < -0.4 is 4.74 Å². The lowest BCUT2D eigenvalue weighted by atomic mass is 10.00. The van der Waals surface area contributed by atoms with E-state index >= 15 is 0 Å². The van der Waals surface area contributed by atoms with Crippen LogP contribution in [0.5, 0.6) is 11.5 Å². The van der Waals surface area contributed by atoms with E-state index in [1.165, 1.54) is 0 Å². The Morgan fingerprint density at radius 3 is 2.80 bits per heavy atom. The SMILES string of the molecule is C=Cc1ccc2c(c1O)C=CC(C)(C)O2. The molecule has 0 fully saturated rings. The van der Waals surface area contributed by atoms with Crippen LogP contribution in [-0.2, 0) is 0 Å². The fraction of sp³-hybridized carbons (Fsp3) is 0.231. The van der Waals surface area contributed by atoms with Crippen LogP contribution in [0.2, 0.25) is 0 Å². The highest BCUT2D eigenvalue weighted by Gasteiger charge is 2.23. The molecule has 0 aromatic heterocycles. The van der Waals surface area contributed by atoms with E-state index in [-0.39, 0.29) is 11.4 Å². The van der Waals surface area contributed by atoms with Crippen molar-refractivity contribution in [1.82, 2.24) is 0 Å². The van der Waals surface area contributed by atoms with Crippen molar-refractivity contribution in [2.75, 3.05) is 0 Å². The van der Waals surface area contributed by atoms with Gasteiger partial charge in [-0.25, -0.2) is 0 Å². The molecule has 15 heavy (non-hydrogen) atoms. The maximum atomic E-state index is 9.90. The molecule has 78 valence electrons. The van der Waals surface area contributed by atoms with E-state index in [2.05, 4.69) is 6.58 Å². The Balaban J connectivity index is 2.57. The second-order valence-electron chi connectivity index (χ2n) is 4.16. The molecule has 1 aromatic rings. The predicted molar refractivity (Wildman–Crippen MR) is 61.9 cm³/mol. The van der Waals surface area contributed by atoms with Crippen molar-refractivity contribution in [3.8, 4) is 11.5 Å². The average Bonchev–Trinajstić information content (AvgIpc) is 2.16. The van der Waals surface area contributed by atoms with E-state index in [9.17, 15) is 5.11 Å². The van der Waals surface area contributed by atoms with Crippen molar-refractivity contribution in [3.05, 3.63) is 35.9 Å². The van der Waals surface area contributed by atoms with Gasteiger partial charge in [-0.3, -0.25) is 0 Å². The Kier molecular flexibility index (Phi) is 2.07. The molecule has 0 bridgehead atoms. The molecule has 1 aliphatic rings. The molecule has 2 rings (SSSR count). The van der Waals surface area contributed by atoms with Gasteiger partial charge in [-0.15, -0.1) is 0 Å². The van der Waals surface area contributed by atoms with Crippen molar-refractivity contribution >= 4 is 12.2 Å². The van der Waals surface area contributed by atoms with Crippen LogP contribution in [0.15, 0.2) is 24.8 Å². The zero-order valence-electron chi connectivity index (χ0n) is 8.95. The summed E-state index contributed by atoms with van der Waals surface area (Å²) >= 11 is 0. The Morgan fingerprint density at radius 1 is 1.40 bits per heavy atom. The van der Waals surface area contributed by atoms with Crippen LogP contribution in [0.4, 0.5) is 0 Å². The van der Waals surface area contributed by atoms with Crippen molar-refractivity contribution in [3.63, 3.8) is 0 Å². The highest BCUT2D eigenvalue weighted by Crippen LogP contribution is 2.38. The van der Waals surface area contributed by atoms with Crippen molar-refractivity contribution in [2.45, 2.75) is 19.4 Å². The normalized spacial score (nSPS) is 16.7. The monoisotopic (exact) mass is 202 g/mol. The maximum absolute atomic E-state index is 9.90. The van der Waals surface area contributed by atoms with Crippen molar-refractivity contribution < 1.29 is 9.84 Å². The summed E-state index contributed by atoms with van der Waals surface area (Å²) in [6.45, 7) is 7.60. The number of phenolic OH excluding ortho intramolecular Hbond substituents is 1. The van der Waals surface area contributed by atoms with E-state index in [1.54, 1.807) is 12.1 Å². The zero-order chi connectivity index (χ0) is 11.1. The summed E-state index contributed by atoms with van der Waals surface area (Å²) in [5.74, 6) is 0.944. The number of ether oxygens (including phenoxy) is 1. The van der Waals surface area contributed by atoms with Gasteiger partial charge in [-0.05, 0) is 38.1 Å². The van der Waals surface area contributed by atoms with Gasteiger partial charge in [0.05, 0.1) is 5.56 Å². The van der Waals surface area contributed by atoms with E-state index < -0.39 is 0 Å². The Bertz CT molecular complexity index is 442. The third kappa shape index (κ3) is 1.63. The van der Waals surface area contributed by atoms with Crippen LogP contribution in [0.3, 0.4) is 0 Å². The molecule has 2 heteroatoms. The number of hydrogen-bond acceptors (Lipinski definition) is 2. The lowest BCUT2D eigenvalue weighted by Gasteiger charge is -2.28. The molecule has 0 atom stereocenters. The van der Waals surface area contributed by atoms with E-state index in [0.717, 1.165) is 11.1 Å². The van der Waals surface area contributed by atoms with Gasteiger partial charge in [0.2, 0.25) is 0 Å². The fourth-order valence-electron chi connectivity index (χ4n) is 1.62. The van der Waals surface area contributed by atoms with Gasteiger partial charge in [0.15, 0.2) is 0 Å².